The molecule has 98 valence electrons. The molecule has 1 amide bonds. The molecule has 2 heterocycles. The van der Waals surface area contributed by atoms with Gasteiger partial charge in [-0.15, -0.1) is 0 Å². The molecular formula is C11H12N6OS. The standard InChI is InChI=1S/C11H12N6OS/c1-17(5-9-14-6-15-16-9)11(18)8-3-2-7(4-13-8)10(12)19/h2-4,6H,5H2,1H3,(H2,12,19)(H,14,15,16). The summed E-state index contributed by atoms with van der Waals surface area (Å²) in [6, 6.07) is 3.26. The molecule has 0 saturated carbocycles. The molecule has 2 aromatic heterocycles. The van der Waals surface area contributed by atoms with Crippen molar-refractivity contribution < 1.29 is 4.79 Å². The van der Waals surface area contributed by atoms with Gasteiger partial charge >= 0.3 is 0 Å². The molecular weight excluding hydrogens is 264 g/mol. The number of carbonyl (C=O) groups excluding carboxylic acids is 1. The van der Waals surface area contributed by atoms with E-state index in [2.05, 4.69) is 20.2 Å². The van der Waals surface area contributed by atoms with Crippen molar-refractivity contribution in [3.8, 4) is 0 Å². The van der Waals surface area contributed by atoms with Gasteiger partial charge in [0.25, 0.3) is 5.91 Å². The Bertz CT molecular complexity index is 580. The lowest BCUT2D eigenvalue weighted by Crippen LogP contribution is -2.27. The van der Waals surface area contributed by atoms with Crippen LogP contribution in [0.25, 0.3) is 0 Å². The third kappa shape index (κ3) is 3.10. The van der Waals surface area contributed by atoms with E-state index in [0.717, 1.165) is 0 Å². The van der Waals surface area contributed by atoms with Crippen molar-refractivity contribution in [2.75, 3.05) is 7.05 Å². The lowest BCUT2D eigenvalue weighted by Gasteiger charge is -2.14. The second-order valence-electron chi connectivity index (χ2n) is 3.89. The van der Waals surface area contributed by atoms with Crippen molar-refractivity contribution >= 4 is 23.1 Å². The fourth-order valence-corrected chi connectivity index (χ4v) is 1.59. The average Bonchev–Trinajstić information content (AvgIpc) is 2.90. The number of nitrogens with one attached hydrogen (secondary N) is 1. The number of nitrogens with two attached hydrogens (primary N) is 1. The molecule has 0 atom stereocenters. The minimum Gasteiger partial charge on any atom is -0.389 e. The first-order valence-electron chi connectivity index (χ1n) is 5.43. The lowest BCUT2D eigenvalue weighted by atomic mass is 10.2. The second-order valence-corrected chi connectivity index (χ2v) is 4.33. The zero-order chi connectivity index (χ0) is 13.8. The minimum atomic E-state index is -0.217. The second kappa shape index (κ2) is 5.53. The average molecular weight is 276 g/mol. The maximum absolute atomic E-state index is 12.1. The van der Waals surface area contributed by atoms with Crippen LogP contribution in [0.3, 0.4) is 0 Å². The van der Waals surface area contributed by atoms with Gasteiger partial charge in [0.05, 0.1) is 6.54 Å². The van der Waals surface area contributed by atoms with Crippen LogP contribution in [0.4, 0.5) is 0 Å². The van der Waals surface area contributed by atoms with Crippen LogP contribution in [0.1, 0.15) is 21.9 Å². The van der Waals surface area contributed by atoms with Crippen molar-refractivity contribution in [2.24, 2.45) is 5.73 Å². The molecule has 0 aliphatic rings. The minimum absolute atomic E-state index is 0.217. The number of rotatable bonds is 4. The normalized spacial score (nSPS) is 10.2. The van der Waals surface area contributed by atoms with Crippen LogP contribution < -0.4 is 5.73 Å². The summed E-state index contributed by atoms with van der Waals surface area (Å²) in [5.41, 5.74) is 6.42. The third-order valence-corrected chi connectivity index (χ3v) is 2.70. The van der Waals surface area contributed by atoms with Crippen LogP contribution in [0, 0.1) is 0 Å². The van der Waals surface area contributed by atoms with E-state index in [1.54, 1.807) is 19.2 Å². The zero-order valence-corrected chi connectivity index (χ0v) is 11.0. The summed E-state index contributed by atoms with van der Waals surface area (Å²) in [5.74, 6) is 0.390. The highest BCUT2D eigenvalue weighted by Gasteiger charge is 2.14. The smallest absolute Gasteiger partial charge is 0.272 e. The quantitative estimate of drug-likeness (QED) is 0.768. The molecule has 19 heavy (non-hydrogen) atoms. The Labute approximate surface area is 114 Å². The Hall–Kier alpha value is -2.35. The van der Waals surface area contributed by atoms with Gasteiger partial charge in [0, 0.05) is 18.8 Å². The number of aromatic amines is 1. The van der Waals surface area contributed by atoms with Gasteiger partial charge in [-0.2, -0.15) is 5.10 Å². The van der Waals surface area contributed by atoms with Gasteiger partial charge in [-0.25, -0.2) is 4.98 Å². The topological polar surface area (TPSA) is 101 Å². The number of hydrogen-bond acceptors (Lipinski definition) is 5. The highest BCUT2D eigenvalue weighted by atomic mass is 32.1. The van der Waals surface area contributed by atoms with Crippen LogP contribution in [0.2, 0.25) is 0 Å². The highest BCUT2D eigenvalue weighted by Crippen LogP contribution is 2.05. The summed E-state index contributed by atoms with van der Waals surface area (Å²) in [7, 11) is 1.66. The molecule has 7 nitrogen and oxygen atoms in total. The monoisotopic (exact) mass is 276 g/mol. The van der Waals surface area contributed by atoms with Crippen LogP contribution in [0.5, 0.6) is 0 Å². The van der Waals surface area contributed by atoms with Gasteiger partial charge in [-0.1, -0.05) is 12.2 Å². The maximum atomic E-state index is 12.1. The number of amides is 1. The fraction of sp³-hybridized carbons (Fsp3) is 0.182. The van der Waals surface area contributed by atoms with E-state index >= 15 is 0 Å². The molecule has 0 fully saturated rings. The van der Waals surface area contributed by atoms with Crippen molar-refractivity contribution in [2.45, 2.75) is 6.54 Å². The summed E-state index contributed by atoms with van der Waals surface area (Å²) in [4.78, 5) is 21.8. The lowest BCUT2D eigenvalue weighted by molar-refractivity contribution is 0.0776. The first-order chi connectivity index (χ1) is 9.08. The molecule has 0 spiro atoms. The molecule has 2 aromatic rings. The van der Waals surface area contributed by atoms with E-state index in [9.17, 15) is 4.79 Å². The molecule has 0 aromatic carbocycles. The van der Waals surface area contributed by atoms with Gasteiger partial charge in [0.15, 0.2) is 0 Å². The molecule has 0 radical (unpaired) electrons. The molecule has 0 unspecified atom stereocenters. The van der Waals surface area contributed by atoms with Crippen molar-refractivity contribution in [3.63, 3.8) is 0 Å². The van der Waals surface area contributed by atoms with E-state index in [4.69, 9.17) is 18.0 Å². The Kier molecular flexibility index (Phi) is 3.81. The summed E-state index contributed by atoms with van der Waals surface area (Å²) >= 11 is 4.82. The van der Waals surface area contributed by atoms with Crippen molar-refractivity contribution in [1.29, 1.82) is 0 Å². The summed E-state index contributed by atoms with van der Waals surface area (Å²) in [6.07, 6.45) is 2.88. The first kappa shape index (κ1) is 13.1. The fourth-order valence-electron chi connectivity index (χ4n) is 1.47. The van der Waals surface area contributed by atoms with Crippen LogP contribution in [-0.4, -0.2) is 43.0 Å². The van der Waals surface area contributed by atoms with Gasteiger partial charge in [0.1, 0.15) is 22.8 Å². The SMILES string of the molecule is CN(Cc1ncn[nH]1)C(=O)c1ccc(C(N)=S)cn1. The largest absolute Gasteiger partial charge is 0.389 e. The zero-order valence-electron chi connectivity index (χ0n) is 10.2. The van der Waals surface area contributed by atoms with E-state index in [-0.39, 0.29) is 10.9 Å². The Balaban J connectivity index is 2.08. The summed E-state index contributed by atoms with van der Waals surface area (Å²) in [6.45, 7) is 0.331. The van der Waals surface area contributed by atoms with Crippen molar-refractivity contribution in [3.05, 3.63) is 41.7 Å². The third-order valence-electron chi connectivity index (χ3n) is 2.47. The molecule has 2 rings (SSSR count). The number of nitrogens with zero attached hydrogens (tertiary/aromatic N) is 4. The molecule has 0 aliphatic carbocycles. The van der Waals surface area contributed by atoms with E-state index in [1.165, 1.54) is 17.4 Å². The molecule has 3 N–H and O–H groups in total. The van der Waals surface area contributed by atoms with E-state index in [1.807, 2.05) is 0 Å². The van der Waals surface area contributed by atoms with Gasteiger partial charge in [0.2, 0.25) is 0 Å². The number of carbonyl (C=O) groups is 1. The number of aromatic nitrogens is 4. The Morgan fingerprint density at radius 1 is 1.47 bits per heavy atom. The predicted molar refractivity (Wildman–Crippen MR) is 72.3 cm³/mol. The molecule has 0 bridgehead atoms. The number of H-pyrrole nitrogens is 1. The van der Waals surface area contributed by atoms with Crippen molar-refractivity contribution in [1.82, 2.24) is 25.1 Å². The Morgan fingerprint density at radius 3 is 2.79 bits per heavy atom. The molecule has 8 heteroatoms. The van der Waals surface area contributed by atoms with Gasteiger partial charge < -0.3 is 10.6 Å². The summed E-state index contributed by atoms with van der Waals surface area (Å²) in [5, 5.41) is 6.41. The first-order valence-corrected chi connectivity index (χ1v) is 5.84. The van der Waals surface area contributed by atoms with Crippen LogP contribution in [-0.2, 0) is 6.54 Å². The number of hydrogen-bond donors (Lipinski definition) is 2. The van der Waals surface area contributed by atoms with Crippen LogP contribution in [0.15, 0.2) is 24.7 Å². The number of thiocarbonyl (C=S) groups is 1. The maximum Gasteiger partial charge on any atom is 0.272 e. The predicted octanol–water partition coefficient (Wildman–Crippen LogP) is 0.106. The summed E-state index contributed by atoms with van der Waals surface area (Å²) < 4.78 is 0. The highest BCUT2D eigenvalue weighted by molar-refractivity contribution is 7.80. The van der Waals surface area contributed by atoms with Gasteiger partial charge in [-0.3, -0.25) is 14.9 Å². The number of pyridine rings is 1. The molecule has 0 aliphatic heterocycles. The van der Waals surface area contributed by atoms with E-state index in [0.29, 0.717) is 23.6 Å². The Morgan fingerprint density at radius 2 is 2.26 bits per heavy atom. The van der Waals surface area contributed by atoms with Crippen LogP contribution >= 0.6 is 12.2 Å². The van der Waals surface area contributed by atoms with E-state index < -0.39 is 0 Å². The van der Waals surface area contributed by atoms with Gasteiger partial charge in [-0.05, 0) is 12.1 Å². The molecule has 0 saturated heterocycles.